The number of ether oxygens (including phenoxy) is 2. The van der Waals surface area contributed by atoms with Gasteiger partial charge in [-0.25, -0.2) is 9.37 Å². The van der Waals surface area contributed by atoms with E-state index in [0.29, 0.717) is 5.52 Å². The fraction of sp³-hybridized carbons (Fsp3) is 0.545. The van der Waals surface area contributed by atoms with Crippen molar-refractivity contribution in [3.05, 3.63) is 11.6 Å². The lowest BCUT2D eigenvalue weighted by atomic mass is 10.1. The highest BCUT2D eigenvalue weighted by Gasteiger charge is 2.45. The molecule has 0 radical (unpaired) electrons. The molecule has 0 amide bonds. The summed E-state index contributed by atoms with van der Waals surface area (Å²) in [4.78, 5) is 11.9. The maximum atomic E-state index is 14.2. The number of fused-ring (bicyclic) bond motifs is 1. The van der Waals surface area contributed by atoms with E-state index in [1.165, 1.54) is 18.0 Å². The molecule has 2 aromatic rings. The van der Waals surface area contributed by atoms with Crippen LogP contribution in [0.1, 0.15) is 6.23 Å². The summed E-state index contributed by atoms with van der Waals surface area (Å²) < 4.78 is 25.8. The Labute approximate surface area is 123 Å². The predicted molar refractivity (Wildman–Crippen MR) is 68.8 cm³/mol. The SMILES string of the molecule is COc1nc(Cl)nc2c1ncn2[C@@H]1O[C@H](CO)C(O)[C@@H]1F. The van der Waals surface area contributed by atoms with Crippen LogP contribution in [0.15, 0.2) is 6.33 Å². The molecule has 1 aliphatic heterocycles. The Morgan fingerprint density at radius 3 is 2.90 bits per heavy atom. The molecule has 0 aliphatic carbocycles. The summed E-state index contributed by atoms with van der Waals surface area (Å²) in [5.41, 5.74) is 0.505. The number of aliphatic hydroxyl groups is 2. The first-order valence-electron chi connectivity index (χ1n) is 6.09. The van der Waals surface area contributed by atoms with Gasteiger partial charge in [-0.1, -0.05) is 0 Å². The fourth-order valence-corrected chi connectivity index (χ4v) is 2.43. The molecule has 10 heteroatoms. The van der Waals surface area contributed by atoms with Crippen molar-refractivity contribution in [3.8, 4) is 5.88 Å². The highest BCUT2D eigenvalue weighted by molar-refractivity contribution is 6.28. The highest BCUT2D eigenvalue weighted by atomic mass is 35.5. The van der Waals surface area contributed by atoms with Gasteiger partial charge in [0.2, 0.25) is 11.2 Å². The number of rotatable bonds is 3. The van der Waals surface area contributed by atoms with Gasteiger partial charge in [0, 0.05) is 0 Å². The molecule has 1 aliphatic rings. The number of aliphatic hydroxyl groups excluding tert-OH is 2. The fourth-order valence-electron chi connectivity index (χ4n) is 2.27. The quantitative estimate of drug-likeness (QED) is 0.772. The van der Waals surface area contributed by atoms with Crippen LogP contribution in [-0.2, 0) is 4.74 Å². The van der Waals surface area contributed by atoms with E-state index < -0.39 is 31.2 Å². The van der Waals surface area contributed by atoms with Gasteiger partial charge < -0.3 is 19.7 Å². The molecule has 0 saturated carbocycles. The maximum absolute atomic E-state index is 14.2. The van der Waals surface area contributed by atoms with Gasteiger partial charge >= 0.3 is 0 Å². The van der Waals surface area contributed by atoms with Crippen LogP contribution >= 0.6 is 11.6 Å². The molecule has 0 bridgehead atoms. The first kappa shape index (κ1) is 14.4. The summed E-state index contributed by atoms with van der Waals surface area (Å²) in [6, 6.07) is 0. The van der Waals surface area contributed by atoms with E-state index in [9.17, 15) is 9.50 Å². The molecular weight excluding hydrogens is 307 g/mol. The Bertz CT molecular complexity index is 669. The minimum absolute atomic E-state index is 0.0891. The van der Waals surface area contributed by atoms with Gasteiger partial charge in [0.15, 0.2) is 23.6 Å². The summed E-state index contributed by atoms with van der Waals surface area (Å²) in [7, 11) is 1.40. The number of alkyl halides is 1. The zero-order valence-corrected chi connectivity index (χ0v) is 11.6. The van der Waals surface area contributed by atoms with Crippen molar-refractivity contribution >= 4 is 22.8 Å². The van der Waals surface area contributed by atoms with Crippen LogP contribution in [0.4, 0.5) is 4.39 Å². The molecule has 0 spiro atoms. The monoisotopic (exact) mass is 318 g/mol. The van der Waals surface area contributed by atoms with Gasteiger partial charge in [-0.2, -0.15) is 9.97 Å². The molecule has 8 nitrogen and oxygen atoms in total. The number of hydrogen-bond acceptors (Lipinski definition) is 7. The number of hydrogen-bond donors (Lipinski definition) is 2. The van der Waals surface area contributed by atoms with E-state index in [1.54, 1.807) is 0 Å². The molecule has 1 unspecified atom stereocenters. The average Bonchev–Trinajstić information content (AvgIpc) is 3.01. The molecule has 3 heterocycles. The number of methoxy groups -OCH3 is 1. The predicted octanol–water partition coefficient (Wildman–Crippen LogP) is 0.0770. The Kier molecular flexibility index (Phi) is 3.66. The van der Waals surface area contributed by atoms with Gasteiger partial charge in [0.05, 0.1) is 20.0 Å². The summed E-state index contributed by atoms with van der Waals surface area (Å²) >= 11 is 5.79. The second-order valence-electron chi connectivity index (χ2n) is 4.51. The molecule has 21 heavy (non-hydrogen) atoms. The zero-order valence-electron chi connectivity index (χ0n) is 10.8. The van der Waals surface area contributed by atoms with Gasteiger partial charge in [-0.15, -0.1) is 0 Å². The Balaban J connectivity index is 2.07. The third kappa shape index (κ3) is 2.22. The topological polar surface area (TPSA) is 103 Å². The number of nitrogens with zero attached hydrogens (tertiary/aromatic N) is 4. The molecule has 2 N–H and O–H groups in total. The summed E-state index contributed by atoms with van der Waals surface area (Å²) in [6.07, 6.45) is -4.06. The summed E-state index contributed by atoms with van der Waals surface area (Å²) in [5.74, 6) is 0.149. The van der Waals surface area contributed by atoms with Crippen LogP contribution in [0, 0.1) is 0 Å². The van der Waals surface area contributed by atoms with E-state index in [4.69, 9.17) is 26.2 Å². The third-order valence-corrected chi connectivity index (χ3v) is 3.47. The summed E-state index contributed by atoms with van der Waals surface area (Å²) in [5, 5.41) is 18.7. The number of aromatic nitrogens is 4. The van der Waals surface area contributed by atoms with E-state index in [-0.39, 0.29) is 16.8 Å². The van der Waals surface area contributed by atoms with Gasteiger partial charge in [-0.3, -0.25) is 4.57 Å². The van der Waals surface area contributed by atoms with Crippen molar-refractivity contribution in [2.24, 2.45) is 0 Å². The standard InChI is InChI=1S/C11H12ClFN4O4/c1-20-9-6-8(15-11(12)16-9)17(3-14-6)10-5(13)7(19)4(2-18)21-10/h3-5,7,10,18-19H,2H2,1H3/t4-,5+,7?,10-/m1/s1. The molecule has 1 fully saturated rings. The van der Waals surface area contributed by atoms with Crippen molar-refractivity contribution in [1.29, 1.82) is 0 Å². The van der Waals surface area contributed by atoms with Gasteiger partial charge in [0.1, 0.15) is 12.2 Å². The van der Waals surface area contributed by atoms with Crippen LogP contribution in [-0.4, -0.2) is 61.8 Å². The average molecular weight is 319 g/mol. The lowest BCUT2D eigenvalue weighted by molar-refractivity contribution is -0.0459. The van der Waals surface area contributed by atoms with Crippen molar-refractivity contribution in [2.75, 3.05) is 13.7 Å². The lowest BCUT2D eigenvalue weighted by Crippen LogP contribution is -2.30. The first-order chi connectivity index (χ1) is 10.1. The normalized spacial score (nSPS) is 29.2. The van der Waals surface area contributed by atoms with Crippen molar-refractivity contribution in [1.82, 2.24) is 19.5 Å². The second-order valence-corrected chi connectivity index (χ2v) is 4.85. The molecule has 2 aromatic heterocycles. The smallest absolute Gasteiger partial charge is 0.246 e. The van der Waals surface area contributed by atoms with E-state index in [2.05, 4.69) is 15.0 Å². The lowest BCUT2D eigenvalue weighted by Gasteiger charge is -2.15. The molecule has 3 rings (SSSR count). The Morgan fingerprint density at radius 2 is 2.29 bits per heavy atom. The van der Waals surface area contributed by atoms with E-state index >= 15 is 0 Å². The Morgan fingerprint density at radius 1 is 1.52 bits per heavy atom. The minimum atomic E-state index is -1.74. The maximum Gasteiger partial charge on any atom is 0.246 e. The van der Waals surface area contributed by atoms with Crippen LogP contribution < -0.4 is 4.74 Å². The molecular formula is C11H12ClFN4O4. The van der Waals surface area contributed by atoms with E-state index in [0.717, 1.165) is 0 Å². The minimum Gasteiger partial charge on any atom is -0.479 e. The Hall–Kier alpha value is -1.55. The molecule has 4 atom stereocenters. The first-order valence-corrected chi connectivity index (χ1v) is 6.47. The van der Waals surface area contributed by atoms with Crippen LogP contribution in [0.2, 0.25) is 5.28 Å². The molecule has 1 saturated heterocycles. The number of halogens is 2. The van der Waals surface area contributed by atoms with Gasteiger partial charge in [0.25, 0.3) is 0 Å². The van der Waals surface area contributed by atoms with Gasteiger partial charge in [-0.05, 0) is 11.6 Å². The highest BCUT2D eigenvalue weighted by Crippen LogP contribution is 2.34. The molecule has 0 aromatic carbocycles. The van der Waals surface area contributed by atoms with E-state index in [1.807, 2.05) is 0 Å². The van der Waals surface area contributed by atoms with Crippen LogP contribution in [0.5, 0.6) is 5.88 Å². The number of imidazole rings is 1. The van der Waals surface area contributed by atoms with Crippen LogP contribution in [0.25, 0.3) is 11.2 Å². The van der Waals surface area contributed by atoms with Crippen molar-refractivity contribution < 1.29 is 24.1 Å². The van der Waals surface area contributed by atoms with Crippen LogP contribution in [0.3, 0.4) is 0 Å². The third-order valence-electron chi connectivity index (χ3n) is 3.30. The zero-order chi connectivity index (χ0) is 15.1. The second kappa shape index (κ2) is 5.34. The van der Waals surface area contributed by atoms with Crippen molar-refractivity contribution in [2.45, 2.75) is 24.6 Å². The van der Waals surface area contributed by atoms with Crippen molar-refractivity contribution in [3.63, 3.8) is 0 Å². The summed E-state index contributed by atoms with van der Waals surface area (Å²) in [6.45, 7) is -0.496. The largest absolute Gasteiger partial charge is 0.479 e. The molecule has 114 valence electrons.